The maximum absolute atomic E-state index is 11.8. The minimum Gasteiger partial charge on any atom is -0.463 e. The molecule has 5 atom stereocenters. The number of hydrogen-bond acceptors (Lipinski definition) is 13. The third-order valence-corrected chi connectivity index (χ3v) is 4.23. The van der Waals surface area contributed by atoms with Crippen LogP contribution in [-0.2, 0) is 57.1 Å². The van der Waals surface area contributed by atoms with Gasteiger partial charge in [0.05, 0.1) is 33.0 Å². The Labute approximate surface area is 201 Å². The Morgan fingerprint density at radius 1 is 0.771 bits per heavy atom. The molecule has 1 heterocycles. The molecule has 0 aromatic heterocycles. The van der Waals surface area contributed by atoms with Crippen molar-refractivity contribution in [2.45, 2.75) is 58.4 Å². The fraction of sp³-hybridized carbons (Fsp3) is 0.800. The zero-order chi connectivity index (χ0) is 26.2. The first-order chi connectivity index (χ1) is 16.6. The van der Waals surface area contributed by atoms with Gasteiger partial charge in [-0.1, -0.05) is 5.11 Å². The number of hydrogen-bond donors (Lipinski definition) is 0. The fourth-order valence-electron chi connectivity index (χ4n) is 3.02. The van der Waals surface area contributed by atoms with Gasteiger partial charge in [0.1, 0.15) is 12.7 Å². The average Bonchev–Trinajstić information content (AvgIpc) is 2.76. The molecular formula is C20H31N3O12. The molecular weight excluding hydrogens is 474 g/mol. The predicted molar refractivity (Wildman–Crippen MR) is 114 cm³/mol. The van der Waals surface area contributed by atoms with E-state index < -0.39 is 54.6 Å². The molecule has 15 heteroatoms. The van der Waals surface area contributed by atoms with Gasteiger partial charge in [0.25, 0.3) is 0 Å². The van der Waals surface area contributed by atoms with Gasteiger partial charge in [0, 0.05) is 39.2 Å². The van der Waals surface area contributed by atoms with Crippen molar-refractivity contribution in [2.75, 3.05) is 46.2 Å². The van der Waals surface area contributed by atoms with Crippen LogP contribution in [0.1, 0.15) is 27.7 Å². The zero-order valence-electron chi connectivity index (χ0n) is 20.1. The normalized spacial score (nSPS) is 23.5. The van der Waals surface area contributed by atoms with Crippen molar-refractivity contribution in [3.05, 3.63) is 10.4 Å². The smallest absolute Gasteiger partial charge is 0.303 e. The van der Waals surface area contributed by atoms with E-state index in [2.05, 4.69) is 10.0 Å². The Morgan fingerprint density at radius 2 is 1.31 bits per heavy atom. The lowest BCUT2D eigenvalue weighted by molar-refractivity contribution is -0.309. The molecule has 2 unspecified atom stereocenters. The van der Waals surface area contributed by atoms with Gasteiger partial charge in [-0.05, 0) is 5.53 Å². The lowest BCUT2D eigenvalue weighted by Gasteiger charge is -2.44. The highest BCUT2D eigenvalue weighted by molar-refractivity contribution is 5.68. The summed E-state index contributed by atoms with van der Waals surface area (Å²) < 4.78 is 42.9. The third-order valence-electron chi connectivity index (χ3n) is 4.23. The van der Waals surface area contributed by atoms with Crippen LogP contribution in [0.3, 0.4) is 0 Å². The van der Waals surface area contributed by atoms with Crippen LogP contribution < -0.4 is 0 Å². The second-order valence-electron chi connectivity index (χ2n) is 7.12. The van der Waals surface area contributed by atoms with Crippen molar-refractivity contribution in [3.8, 4) is 0 Å². The highest BCUT2D eigenvalue weighted by atomic mass is 16.7. The van der Waals surface area contributed by atoms with E-state index in [4.69, 9.17) is 43.4 Å². The van der Waals surface area contributed by atoms with E-state index in [1.54, 1.807) is 0 Å². The van der Waals surface area contributed by atoms with Crippen molar-refractivity contribution in [1.29, 1.82) is 0 Å². The monoisotopic (exact) mass is 505 g/mol. The minimum absolute atomic E-state index is 0.0214. The van der Waals surface area contributed by atoms with Crippen LogP contribution in [-0.4, -0.2) is 101 Å². The van der Waals surface area contributed by atoms with E-state index in [1.807, 2.05) is 0 Å². The molecule has 0 saturated carbocycles. The Balaban J connectivity index is 2.85. The molecule has 0 N–H and O–H groups in total. The summed E-state index contributed by atoms with van der Waals surface area (Å²) in [5.74, 6) is -2.80. The first-order valence-electron chi connectivity index (χ1n) is 10.7. The summed E-state index contributed by atoms with van der Waals surface area (Å²) in [6, 6.07) is 0. The number of rotatable bonds is 15. The molecule has 1 aliphatic heterocycles. The van der Waals surface area contributed by atoms with Gasteiger partial charge in [-0.3, -0.25) is 19.2 Å². The van der Waals surface area contributed by atoms with Crippen LogP contribution in [0.15, 0.2) is 5.11 Å². The van der Waals surface area contributed by atoms with Crippen LogP contribution >= 0.6 is 0 Å². The number of nitrogens with zero attached hydrogens (tertiary/aromatic N) is 3. The largest absolute Gasteiger partial charge is 0.463 e. The van der Waals surface area contributed by atoms with E-state index in [0.29, 0.717) is 0 Å². The van der Waals surface area contributed by atoms with Crippen LogP contribution in [0.5, 0.6) is 0 Å². The Bertz CT molecular complexity index is 758. The van der Waals surface area contributed by atoms with E-state index in [-0.39, 0.29) is 46.2 Å². The molecule has 35 heavy (non-hydrogen) atoms. The van der Waals surface area contributed by atoms with Gasteiger partial charge in [-0.2, -0.15) is 0 Å². The third kappa shape index (κ3) is 12.3. The molecule has 0 bridgehead atoms. The molecule has 0 spiro atoms. The lowest BCUT2D eigenvalue weighted by atomic mass is 9.98. The van der Waals surface area contributed by atoms with Gasteiger partial charge < -0.3 is 37.9 Å². The molecule has 0 radical (unpaired) electrons. The first-order valence-corrected chi connectivity index (χ1v) is 10.7. The van der Waals surface area contributed by atoms with Gasteiger partial charge in [0.2, 0.25) is 0 Å². The van der Waals surface area contributed by atoms with Crippen LogP contribution in [0.4, 0.5) is 0 Å². The average molecular weight is 505 g/mol. The van der Waals surface area contributed by atoms with E-state index in [1.165, 1.54) is 6.92 Å². The van der Waals surface area contributed by atoms with Crippen LogP contribution in [0.2, 0.25) is 0 Å². The molecule has 0 aromatic rings. The van der Waals surface area contributed by atoms with Crippen molar-refractivity contribution in [1.82, 2.24) is 0 Å². The highest BCUT2D eigenvalue weighted by Gasteiger charge is 2.52. The molecule has 198 valence electrons. The molecule has 1 saturated heterocycles. The zero-order valence-corrected chi connectivity index (χ0v) is 20.1. The quantitative estimate of drug-likeness (QED) is 0.0745. The number of carbonyl (C=O) groups is 4. The second kappa shape index (κ2) is 16.6. The molecule has 1 fully saturated rings. The second-order valence-corrected chi connectivity index (χ2v) is 7.12. The van der Waals surface area contributed by atoms with Gasteiger partial charge in [-0.15, -0.1) is 0 Å². The molecule has 0 amide bonds. The van der Waals surface area contributed by atoms with Gasteiger partial charge in [0.15, 0.2) is 24.6 Å². The summed E-state index contributed by atoms with van der Waals surface area (Å²) in [6.45, 7) is 5.29. The summed E-state index contributed by atoms with van der Waals surface area (Å²) in [4.78, 5) is 49.1. The van der Waals surface area contributed by atoms with Gasteiger partial charge in [-0.25, -0.2) is 0 Å². The maximum Gasteiger partial charge on any atom is 0.303 e. The number of carbonyl (C=O) groups excluding carboxylic acids is 4. The molecule has 1 aliphatic rings. The Kier molecular flexibility index (Phi) is 14.3. The van der Waals surface area contributed by atoms with Crippen molar-refractivity contribution < 1.29 is 57.1 Å². The minimum atomic E-state index is -1.30. The van der Waals surface area contributed by atoms with Crippen LogP contribution in [0.25, 0.3) is 10.4 Å². The van der Waals surface area contributed by atoms with E-state index >= 15 is 0 Å². The molecule has 0 aromatic carbocycles. The lowest BCUT2D eigenvalue weighted by Crippen LogP contribution is -2.63. The fourth-order valence-corrected chi connectivity index (χ4v) is 3.02. The standard InChI is InChI=1S/C20H31N3O12/c1-12(24)31-11-16-17(32-13(2)25)18(33-14(3)26)19(34-15(4)27)20(35-16)30-10-9-29-8-7-28-6-5-22-23-21/h16-20H,5-11H2,1-4H3/t16?,17-,18?,19-,20+/m0/s1. The number of ether oxygens (including phenoxy) is 8. The topological polar surface area (TPSA) is 191 Å². The van der Waals surface area contributed by atoms with Crippen LogP contribution in [0, 0.1) is 0 Å². The van der Waals surface area contributed by atoms with E-state index in [9.17, 15) is 19.2 Å². The number of esters is 4. The Hall–Kier alpha value is -2.97. The predicted octanol–water partition coefficient (Wildman–Crippen LogP) is 0.430. The molecule has 15 nitrogen and oxygen atoms in total. The molecule has 0 aliphatic carbocycles. The highest BCUT2D eigenvalue weighted by Crippen LogP contribution is 2.29. The maximum atomic E-state index is 11.8. The van der Waals surface area contributed by atoms with Gasteiger partial charge >= 0.3 is 23.9 Å². The SMILES string of the molecule is CC(=O)OCC1O[C@@H](OCCOCCOCCN=[N+]=[N-])[C@@H](OC(C)=O)C(OC(C)=O)[C@H]1OC(C)=O. The summed E-state index contributed by atoms with van der Waals surface area (Å²) in [7, 11) is 0. The summed E-state index contributed by atoms with van der Waals surface area (Å²) in [5, 5.41) is 3.33. The van der Waals surface area contributed by atoms with E-state index in [0.717, 1.165) is 20.8 Å². The summed E-state index contributed by atoms with van der Waals surface area (Å²) in [5.41, 5.74) is 8.18. The first kappa shape index (κ1) is 30.1. The summed E-state index contributed by atoms with van der Waals surface area (Å²) >= 11 is 0. The Morgan fingerprint density at radius 3 is 1.89 bits per heavy atom. The van der Waals surface area contributed by atoms with Crippen molar-refractivity contribution in [2.24, 2.45) is 5.11 Å². The number of azide groups is 1. The molecule has 1 rings (SSSR count). The van der Waals surface area contributed by atoms with Crippen molar-refractivity contribution in [3.63, 3.8) is 0 Å². The summed E-state index contributed by atoms with van der Waals surface area (Å²) in [6.07, 6.45) is -6.20. The van der Waals surface area contributed by atoms with Crippen molar-refractivity contribution >= 4 is 23.9 Å².